The van der Waals surface area contributed by atoms with Crippen LogP contribution >= 0.6 is 11.3 Å². The standard InChI is InChI=1S/C28H38N4O4S/c1-3-4-8-23(29)19-26-27(31-20(2)37-26)21-9-13-24(14-10-21)35-17-6-5-7-18-36-25-15-11-22(12-16-25)28(30)32(33)34/h9-16,23,30,33-34H,3-8,17-19,29H2,1-2H3. The van der Waals surface area contributed by atoms with Crippen molar-refractivity contribution in [2.24, 2.45) is 5.73 Å². The fourth-order valence-corrected chi connectivity index (χ4v) is 4.99. The number of nitrogens with zero attached hydrogens (tertiary/aromatic N) is 2. The molecule has 1 heterocycles. The topological polar surface area (TPSA) is 125 Å². The van der Waals surface area contributed by atoms with Crippen molar-refractivity contribution in [2.45, 2.75) is 64.8 Å². The average Bonchev–Trinajstić information content (AvgIpc) is 3.26. The van der Waals surface area contributed by atoms with Crippen LogP contribution < -0.4 is 15.2 Å². The minimum Gasteiger partial charge on any atom is -0.494 e. The Labute approximate surface area is 223 Å². The molecule has 0 radical (unpaired) electrons. The Morgan fingerprint density at radius 3 is 2.14 bits per heavy atom. The summed E-state index contributed by atoms with van der Waals surface area (Å²) in [7, 11) is 0. The first-order valence-electron chi connectivity index (χ1n) is 12.8. The number of aryl methyl sites for hydroxylation is 1. The van der Waals surface area contributed by atoms with Gasteiger partial charge in [0.15, 0.2) is 5.84 Å². The van der Waals surface area contributed by atoms with E-state index in [-0.39, 0.29) is 11.3 Å². The van der Waals surface area contributed by atoms with Gasteiger partial charge in [0.05, 0.1) is 23.9 Å². The summed E-state index contributed by atoms with van der Waals surface area (Å²) >= 11 is 1.74. The Balaban J connectivity index is 1.37. The molecule has 1 atom stereocenters. The van der Waals surface area contributed by atoms with Gasteiger partial charge in [-0.05, 0) is 87.6 Å². The fourth-order valence-electron chi connectivity index (χ4n) is 3.93. The summed E-state index contributed by atoms with van der Waals surface area (Å²) in [5.74, 6) is 1.13. The molecule has 0 aliphatic heterocycles. The average molecular weight is 527 g/mol. The number of rotatable bonds is 15. The molecule has 8 nitrogen and oxygen atoms in total. The van der Waals surface area contributed by atoms with Gasteiger partial charge in [-0.15, -0.1) is 16.6 Å². The van der Waals surface area contributed by atoms with E-state index in [0.717, 1.165) is 67.0 Å². The number of unbranched alkanes of at least 4 members (excludes halogenated alkanes) is 3. The highest BCUT2D eigenvalue weighted by Crippen LogP contribution is 2.30. The number of nitrogens with two attached hydrogens (primary N) is 1. The molecule has 1 unspecified atom stereocenters. The van der Waals surface area contributed by atoms with Crippen LogP contribution in [0, 0.1) is 12.3 Å². The van der Waals surface area contributed by atoms with Crippen LogP contribution in [0.15, 0.2) is 48.5 Å². The SMILES string of the molecule is CCCCC(N)Cc1sc(C)nc1-c1ccc(OCCCCCOc2ccc(C(=N)N(O)O)cc2)cc1. The summed E-state index contributed by atoms with van der Waals surface area (Å²) in [5.41, 5.74) is 8.88. The van der Waals surface area contributed by atoms with E-state index in [9.17, 15) is 0 Å². The van der Waals surface area contributed by atoms with E-state index in [4.69, 9.17) is 36.0 Å². The molecule has 0 spiro atoms. The second-order valence-electron chi connectivity index (χ2n) is 9.06. The van der Waals surface area contributed by atoms with Crippen LogP contribution in [0.5, 0.6) is 11.5 Å². The Bertz CT molecular complexity index is 1100. The molecule has 200 valence electrons. The normalized spacial score (nSPS) is 11.8. The Hall–Kier alpha value is -2.98. The molecule has 2 aromatic carbocycles. The number of thiazole rings is 1. The first-order valence-corrected chi connectivity index (χ1v) is 13.6. The summed E-state index contributed by atoms with van der Waals surface area (Å²) in [6.07, 6.45) is 7.03. The predicted octanol–water partition coefficient (Wildman–Crippen LogP) is 6.21. The van der Waals surface area contributed by atoms with Gasteiger partial charge < -0.3 is 15.2 Å². The van der Waals surface area contributed by atoms with Crippen molar-refractivity contribution in [2.75, 3.05) is 13.2 Å². The van der Waals surface area contributed by atoms with Gasteiger partial charge in [0, 0.05) is 22.0 Å². The first-order chi connectivity index (χ1) is 17.9. The van der Waals surface area contributed by atoms with Crippen LogP contribution in [0.2, 0.25) is 0 Å². The van der Waals surface area contributed by atoms with E-state index in [1.54, 1.807) is 35.6 Å². The number of hydrogen-bond donors (Lipinski definition) is 4. The zero-order chi connectivity index (χ0) is 26.6. The molecule has 0 aliphatic rings. The number of aromatic nitrogens is 1. The number of ether oxygens (including phenoxy) is 2. The van der Waals surface area contributed by atoms with E-state index in [2.05, 4.69) is 19.1 Å². The minimum atomic E-state index is -0.397. The first kappa shape index (κ1) is 28.6. The van der Waals surface area contributed by atoms with Crippen molar-refractivity contribution in [1.29, 1.82) is 5.41 Å². The van der Waals surface area contributed by atoms with Gasteiger partial charge in [-0.1, -0.05) is 19.8 Å². The lowest BCUT2D eigenvalue weighted by Gasteiger charge is -2.11. The van der Waals surface area contributed by atoms with Gasteiger partial charge in [0.2, 0.25) is 0 Å². The maximum Gasteiger partial charge on any atom is 0.183 e. The van der Waals surface area contributed by atoms with Crippen LogP contribution in [0.4, 0.5) is 0 Å². The quantitative estimate of drug-likeness (QED) is 0.0802. The summed E-state index contributed by atoms with van der Waals surface area (Å²) < 4.78 is 11.6. The Morgan fingerprint density at radius 2 is 1.57 bits per heavy atom. The highest BCUT2D eigenvalue weighted by Gasteiger charge is 2.15. The molecule has 0 bridgehead atoms. The van der Waals surface area contributed by atoms with Crippen molar-refractivity contribution < 1.29 is 19.9 Å². The number of amidine groups is 1. The van der Waals surface area contributed by atoms with Crippen LogP contribution in [-0.4, -0.2) is 45.7 Å². The van der Waals surface area contributed by atoms with Gasteiger partial charge in [0.25, 0.3) is 0 Å². The van der Waals surface area contributed by atoms with Crippen LogP contribution in [0.1, 0.15) is 60.9 Å². The maximum atomic E-state index is 8.90. The lowest BCUT2D eigenvalue weighted by atomic mass is 10.0. The number of benzene rings is 2. The zero-order valence-corrected chi connectivity index (χ0v) is 22.5. The second kappa shape index (κ2) is 14.7. The molecule has 3 rings (SSSR count). The van der Waals surface area contributed by atoms with E-state index in [0.29, 0.717) is 24.5 Å². The van der Waals surface area contributed by atoms with Crippen molar-refractivity contribution in [3.05, 3.63) is 64.0 Å². The Morgan fingerprint density at radius 1 is 0.973 bits per heavy atom. The molecule has 0 saturated carbocycles. The van der Waals surface area contributed by atoms with Crippen molar-refractivity contribution in [1.82, 2.24) is 10.2 Å². The van der Waals surface area contributed by atoms with Crippen LogP contribution in [0.25, 0.3) is 11.3 Å². The molecule has 0 fully saturated rings. The van der Waals surface area contributed by atoms with E-state index < -0.39 is 5.84 Å². The number of nitrogens with one attached hydrogen (secondary N) is 1. The van der Waals surface area contributed by atoms with E-state index in [1.165, 1.54) is 4.88 Å². The van der Waals surface area contributed by atoms with E-state index >= 15 is 0 Å². The summed E-state index contributed by atoms with van der Waals surface area (Å²) in [5, 5.41) is 26.2. The van der Waals surface area contributed by atoms with Crippen molar-refractivity contribution in [3.63, 3.8) is 0 Å². The third-order valence-electron chi connectivity index (χ3n) is 5.96. The predicted molar refractivity (Wildman–Crippen MR) is 147 cm³/mol. The minimum absolute atomic E-state index is 0.174. The van der Waals surface area contributed by atoms with E-state index in [1.807, 2.05) is 19.1 Å². The lowest BCUT2D eigenvalue weighted by Crippen LogP contribution is -2.23. The van der Waals surface area contributed by atoms with Gasteiger partial charge in [-0.3, -0.25) is 15.8 Å². The zero-order valence-electron chi connectivity index (χ0n) is 21.7. The molecule has 1 aromatic heterocycles. The van der Waals surface area contributed by atoms with Crippen LogP contribution in [0.3, 0.4) is 0 Å². The smallest absolute Gasteiger partial charge is 0.183 e. The summed E-state index contributed by atoms with van der Waals surface area (Å²) in [6, 6.07) is 15.0. The molecule has 0 aliphatic carbocycles. The molecule has 3 aromatic rings. The highest BCUT2D eigenvalue weighted by molar-refractivity contribution is 7.12. The fraction of sp³-hybridized carbons (Fsp3) is 0.429. The summed E-state index contributed by atoms with van der Waals surface area (Å²) in [6.45, 7) is 5.46. The largest absolute Gasteiger partial charge is 0.494 e. The lowest BCUT2D eigenvalue weighted by molar-refractivity contribution is -0.244. The van der Waals surface area contributed by atoms with Crippen molar-refractivity contribution >= 4 is 17.2 Å². The van der Waals surface area contributed by atoms with Crippen molar-refractivity contribution in [3.8, 4) is 22.8 Å². The second-order valence-corrected chi connectivity index (χ2v) is 10.3. The van der Waals surface area contributed by atoms with Crippen LogP contribution in [-0.2, 0) is 6.42 Å². The van der Waals surface area contributed by atoms with Gasteiger partial charge in [-0.25, -0.2) is 4.98 Å². The molecule has 0 saturated heterocycles. The highest BCUT2D eigenvalue weighted by atomic mass is 32.1. The molecular weight excluding hydrogens is 488 g/mol. The third-order valence-corrected chi connectivity index (χ3v) is 6.96. The van der Waals surface area contributed by atoms with Gasteiger partial charge >= 0.3 is 0 Å². The molecule has 0 amide bonds. The third kappa shape index (κ3) is 9.12. The van der Waals surface area contributed by atoms with Gasteiger partial charge in [0.1, 0.15) is 11.5 Å². The maximum absolute atomic E-state index is 8.90. The molecular formula is C28H38N4O4S. The van der Waals surface area contributed by atoms with Gasteiger partial charge in [-0.2, -0.15) is 0 Å². The monoisotopic (exact) mass is 526 g/mol. The Kier molecular flexibility index (Phi) is 11.3. The number of hydrogen-bond acceptors (Lipinski definition) is 8. The molecule has 5 N–H and O–H groups in total. The summed E-state index contributed by atoms with van der Waals surface area (Å²) in [4.78, 5) is 6.03. The number of hydroxylamine groups is 2. The molecule has 37 heavy (non-hydrogen) atoms. The molecule has 9 heteroatoms.